The van der Waals surface area contributed by atoms with Crippen molar-refractivity contribution < 1.29 is 4.74 Å². The maximum atomic E-state index is 5.74. The second-order valence-corrected chi connectivity index (χ2v) is 8.67. The summed E-state index contributed by atoms with van der Waals surface area (Å²) in [6.07, 6.45) is 3.12. The summed E-state index contributed by atoms with van der Waals surface area (Å²) in [5.74, 6) is 1.16. The minimum absolute atomic E-state index is 0.495. The van der Waals surface area contributed by atoms with Gasteiger partial charge in [-0.15, -0.1) is 0 Å². The van der Waals surface area contributed by atoms with Crippen molar-refractivity contribution in [3.8, 4) is 28.1 Å². The number of pyridine rings is 1. The highest BCUT2D eigenvalue weighted by atomic mass is 16.5. The minimum Gasteiger partial charge on any atom is -0.481 e. The summed E-state index contributed by atoms with van der Waals surface area (Å²) in [4.78, 5) is 6.86. The number of benzene rings is 3. The first kappa shape index (κ1) is 20.5. The molecule has 32 heavy (non-hydrogen) atoms. The molecule has 1 aromatic heterocycles. The summed E-state index contributed by atoms with van der Waals surface area (Å²) >= 11 is 0. The first-order valence-electron chi connectivity index (χ1n) is 11.2. The average Bonchev–Trinajstić information content (AvgIpc) is 3.38. The molecule has 5 rings (SSSR count). The average molecular weight is 424 g/mol. The van der Waals surface area contributed by atoms with Crippen molar-refractivity contribution in [3.63, 3.8) is 0 Å². The molecule has 2 heterocycles. The monoisotopic (exact) mass is 423 g/mol. The first-order valence-corrected chi connectivity index (χ1v) is 11.2. The van der Waals surface area contributed by atoms with Crippen LogP contribution < -0.4 is 15.0 Å². The number of methoxy groups -OCH3 is 1. The van der Waals surface area contributed by atoms with Crippen molar-refractivity contribution in [2.75, 3.05) is 39.2 Å². The molecule has 4 heteroatoms. The van der Waals surface area contributed by atoms with Gasteiger partial charge in [-0.3, -0.25) is 0 Å². The molecule has 1 unspecified atom stereocenters. The molecule has 1 atom stereocenters. The van der Waals surface area contributed by atoms with E-state index in [1.165, 1.54) is 33.2 Å². The number of hydrogen-bond acceptors (Lipinski definition) is 4. The van der Waals surface area contributed by atoms with E-state index in [9.17, 15) is 0 Å². The molecule has 4 nitrogen and oxygen atoms in total. The molecule has 1 aliphatic heterocycles. The summed E-state index contributed by atoms with van der Waals surface area (Å²) in [7, 11) is 5.86. The van der Waals surface area contributed by atoms with E-state index in [4.69, 9.17) is 9.72 Å². The number of nitrogens with one attached hydrogen (secondary N) is 1. The Bertz CT molecular complexity index is 1250. The molecule has 0 spiro atoms. The number of aromatic nitrogens is 1. The quantitative estimate of drug-likeness (QED) is 0.445. The van der Waals surface area contributed by atoms with Gasteiger partial charge in [0.05, 0.1) is 7.11 Å². The van der Waals surface area contributed by atoms with Gasteiger partial charge in [0, 0.05) is 38.1 Å². The van der Waals surface area contributed by atoms with E-state index in [-0.39, 0.29) is 0 Å². The molecule has 1 fully saturated rings. The maximum absolute atomic E-state index is 5.74. The van der Waals surface area contributed by atoms with Gasteiger partial charge in [-0.25, -0.2) is 4.98 Å². The molecule has 0 bridgehead atoms. The van der Waals surface area contributed by atoms with Gasteiger partial charge >= 0.3 is 0 Å². The molecule has 1 N–H and O–H groups in total. The van der Waals surface area contributed by atoms with Crippen LogP contribution in [0.5, 0.6) is 5.88 Å². The molecule has 0 radical (unpaired) electrons. The lowest BCUT2D eigenvalue weighted by Gasteiger charge is -2.20. The van der Waals surface area contributed by atoms with E-state index in [0.29, 0.717) is 11.8 Å². The Morgan fingerprint density at radius 2 is 1.75 bits per heavy atom. The SMILES string of the molecule is COc1ncc(C2CCNC2)cc1-c1ccc(N(C)C)cc1-c1cccc2ccccc12. The Labute approximate surface area is 189 Å². The third kappa shape index (κ3) is 3.71. The zero-order chi connectivity index (χ0) is 22.1. The molecule has 4 aromatic rings. The number of rotatable bonds is 5. The van der Waals surface area contributed by atoms with E-state index < -0.39 is 0 Å². The molecule has 0 saturated carbocycles. The van der Waals surface area contributed by atoms with Crippen LogP contribution in [0.4, 0.5) is 5.69 Å². The van der Waals surface area contributed by atoms with Crippen LogP contribution >= 0.6 is 0 Å². The Kier molecular flexibility index (Phi) is 5.54. The van der Waals surface area contributed by atoms with Crippen LogP contribution in [-0.2, 0) is 0 Å². The summed E-state index contributed by atoms with van der Waals surface area (Å²) in [6.45, 7) is 2.06. The van der Waals surface area contributed by atoms with Gasteiger partial charge in [0.2, 0.25) is 5.88 Å². The van der Waals surface area contributed by atoms with Gasteiger partial charge in [-0.2, -0.15) is 0 Å². The van der Waals surface area contributed by atoms with E-state index in [2.05, 4.69) is 91.0 Å². The summed E-state index contributed by atoms with van der Waals surface area (Å²) in [5.41, 5.74) is 7.03. The topological polar surface area (TPSA) is 37.4 Å². The Hall–Kier alpha value is -3.37. The smallest absolute Gasteiger partial charge is 0.221 e. The Morgan fingerprint density at radius 1 is 0.906 bits per heavy atom. The maximum Gasteiger partial charge on any atom is 0.221 e. The first-order chi connectivity index (χ1) is 15.7. The highest BCUT2D eigenvalue weighted by Crippen LogP contribution is 2.42. The fraction of sp³-hybridized carbons (Fsp3) is 0.250. The summed E-state index contributed by atoms with van der Waals surface area (Å²) in [6, 6.07) is 24.0. The minimum atomic E-state index is 0.495. The van der Waals surface area contributed by atoms with Gasteiger partial charge in [0.15, 0.2) is 0 Å². The number of nitrogens with zero attached hydrogens (tertiary/aromatic N) is 2. The van der Waals surface area contributed by atoms with Crippen LogP contribution in [0.2, 0.25) is 0 Å². The normalized spacial score (nSPS) is 15.8. The lowest BCUT2D eigenvalue weighted by atomic mass is 9.89. The molecule has 3 aromatic carbocycles. The predicted molar refractivity (Wildman–Crippen MR) is 134 cm³/mol. The van der Waals surface area contributed by atoms with Gasteiger partial charge in [0.25, 0.3) is 0 Å². The third-order valence-electron chi connectivity index (χ3n) is 6.49. The van der Waals surface area contributed by atoms with Crippen molar-refractivity contribution >= 4 is 16.5 Å². The molecular formula is C28H29N3O. The molecule has 1 aliphatic rings. The molecular weight excluding hydrogens is 394 g/mol. The fourth-order valence-corrected chi connectivity index (χ4v) is 4.71. The fourth-order valence-electron chi connectivity index (χ4n) is 4.71. The number of hydrogen-bond donors (Lipinski definition) is 1. The highest BCUT2D eigenvalue weighted by Gasteiger charge is 2.21. The lowest BCUT2D eigenvalue weighted by Crippen LogP contribution is -2.09. The predicted octanol–water partition coefficient (Wildman–Crippen LogP) is 5.72. The van der Waals surface area contributed by atoms with Crippen LogP contribution in [0.3, 0.4) is 0 Å². The molecule has 0 aliphatic carbocycles. The van der Waals surface area contributed by atoms with Gasteiger partial charge in [-0.1, -0.05) is 48.5 Å². The lowest BCUT2D eigenvalue weighted by molar-refractivity contribution is 0.399. The standard InChI is InChI=1S/C28H29N3O/c1-31(2)22-11-12-25(26(16-22)24-10-6-8-19-7-4-5-9-23(19)24)27-15-21(18-30-28(27)32-3)20-13-14-29-17-20/h4-12,15-16,18,20,29H,13-14,17H2,1-3H3. The molecule has 0 amide bonds. The molecule has 162 valence electrons. The zero-order valence-corrected chi connectivity index (χ0v) is 18.9. The van der Waals surface area contributed by atoms with E-state index in [0.717, 1.165) is 30.6 Å². The van der Waals surface area contributed by atoms with Crippen molar-refractivity contribution in [2.45, 2.75) is 12.3 Å². The van der Waals surface area contributed by atoms with E-state index >= 15 is 0 Å². The molecule has 1 saturated heterocycles. The van der Waals surface area contributed by atoms with Crippen LogP contribution in [0.15, 0.2) is 72.9 Å². The van der Waals surface area contributed by atoms with E-state index in [1.807, 2.05) is 6.20 Å². The second kappa shape index (κ2) is 8.64. The van der Waals surface area contributed by atoms with Gasteiger partial charge < -0.3 is 15.0 Å². The Morgan fingerprint density at radius 3 is 2.53 bits per heavy atom. The van der Waals surface area contributed by atoms with Gasteiger partial charge in [0.1, 0.15) is 0 Å². The van der Waals surface area contributed by atoms with Crippen molar-refractivity contribution in [1.82, 2.24) is 10.3 Å². The third-order valence-corrected chi connectivity index (χ3v) is 6.49. The number of fused-ring (bicyclic) bond motifs is 1. The summed E-state index contributed by atoms with van der Waals surface area (Å²) in [5, 5.41) is 5.95. The zero-order valence-electron chi connectivity index (χ0n) is 18.9. The van der Waals surface area contributed by atoms with Crippen molar-refractivity contribution in [2.24, 2.45) is 0 Å². The summed E-state index contributed by atoms with van der Waals surface area (Å²) < 4.78 is 5.74. The second-order valence-electron chi connectivity index (χ2n) is 8.67. The van der Waals surface area contributed by atoms with Crippen LogP contribution in [-0.4, -0.2) is 39.3 Å². The van der Waals surface area contributed by atoms with Crippen LogP contribution in [0.25, 0.3) is 33.0 Å². The largest absolute Gasteiger partial charge is 0.481 e. The van der Waals surface area contributed by atoms with E-state index in [1.54, 1.807) is 7.11 Å². The van der Waals surface area contributed by atoms with Crippen molar-refractivity contribution in [3.05, 3.63) is 78.5 Å². The highest BCUT2D eigenvalue weighted by molar-refractivity contribution is 6.01. The number of ether oxygens (including phenoxy) is 1. The van der Waals surface area contributed by atoms with Crippen molar-refractivity contribution in [1.29, 1.82) is 0 Å². The van der Waals surface area contributed by atoms with Gasteiger partial charge in [-0.05, 0) is 70.1 Å². The number of anilines is 1. The Balaban J connectivity index is 1.76. The van der Waals surface area contributed by atoms with Crippen LogP contribution in [0.1, 0.15) is 17.9 Å². The van der Waals surface area contributed by atoms with Crippen LogP contribution in [0, 0.1) is 0 Å².